The highest BCUT2D eigenvalue weighted by atomic mass is 19.4. The molecule has 4 rings (SSSR count). The van der Waals surface area contributed by atoms with Gasteiger partial charge in [0.25, 0.3) is 11.8 Å². The van der Waals surface area contributed by atoms with Gasteiger partial charge in [-0.25, -0.2) is 10.4 Å². The highest BCUT2D eigenvalue weighted by molar-refractivity contribution is 6.19. The van der Waals surface area contributed by atoms with Gasteiger partial charge in [0.15, 0.2) is 0 Å². The second-order valence-electron chi connectivity index (χ2n) is 8.49. The molecule has 0 radical (unpaired) electrons. The van der Waals surface area contributed by atoms with Gasteiger partial charge in [0.1, 0.15) is 17.8 Å². The number of carbonyl (C=O) groups excluding carboxylic acids is 2. The standard InChI is InChI=1S/C22H27F3N4O3/c1-12-16(20(30)27-14-10-6-7-11-15(14)32-2)21(31)29-19(26-12)17(13-8-4-3-5-9-13)18(28-29)22(23,24)25/h3-5,8-9,14-15,17-19,26,28H,6-7,10-11H2,1-2H3,(H,27,30). The molecule has 2 aliphatic heterocycles. The number of ether oxygens (including phenoxy) is 1. The van der Waals surface area contributed by atoms with Gasteiger partial charge in [-0.3, -0.25) is 9.59 Å². The van der Waals surface area contributed by atoms with Crippen LogP contribution in [-0.4, -0.2) is 54.5 Å². The number of hydrazine groups is 1. The molecule has 3 aliphatic rings. The van der Waals surface area contributed by atoms with E-state index in [1.54, 1.807) is 44.4 Å². The summed E-state index contributed by atoms with van der Waals surface area (Å²) in [7, 11) is 1.58. The number of rotatable bonds is 4. The van der Waals surface area contributed by atoms with Crippen molar-refractivity contribution in [2.24, 2.45) is 0 Å². The maximum Gasteiger partial charge on any atom is 0.406 e. The zero-order chi connectivity index (χ0) is 23.0. The molecule has 10 heteroatoms. The van der Waals surface area contributed by atoms with Crippen molar-refractivity contribution in [1.29, 1.82) is 0 Å². The number of hydrogen-bond donors (Lipinski definition) is 3. The Morgan fingerprint density at radius 2 is 1.88 bits per heavy atom. The van der Waals surface area contributed by atoms with Crippen LogP contribution in [-0.2, 0) is 14.3 Å². The second-order valence-corrected chi connectivity index (χ2v) is 8.49. The maximum atomic E-state index is 13.9. The van der Waals surface area contributed by atoms with E-state index in [0.717, 1.165) is 30.7 Å². The lowest BCUT2D eigenvalue weighted by Gasteiger charge is -2.36. The molecule has 1 saturated heterocycles. The van der Waals surface area contributed by atoms with Gasteiger partial charge >= 0.3 is 6.18 Å². The summed E-state index contributed by atoms with van der Waals surface area (Å²) in [6.07, 6.45) is -2.29. The lowest BCUT2D eigenvalue weighted by atomic mass is 9.88. The number of nitrogens with one attached hydrogen (secondary N) is 3. The molecule has 2 heterocycles. The number of nitrogens with zero attached hydrogens (tertiary/aromatic N) is 1. The topological polar surface area (TPSA) is 82.7 Å². The molecule has 32 heavy (non-hydrogen) atoms. The van der Waals surface area contributed by atoms with E-state index in [0.29, 0.717) is 5.56 Å². The van der Waals surface area contributed by atoms with Crippen LogP contribution < -0.4 is 16.1 Å². The van der Waals surface area contributed by atoms with Gasteiger partial charge < -0.3 is 15.4 Å². The van der Waals surface area contributed by atoms with Crippen molar-refractivity contribution in [3.8, 4) is 0 Å². The summed E-state index contributed by atoms with van der Waals surface area (Å²) in [6, 6.07) is 6.03. The lowest BCUT2D eigenvalue weighted by Crippen LogP contribution is -2.57. The highest BCUT2D eigenvalue weighted by Crippen LogP contribution is 2.41. The predicted octanol–water partition coefficient (Wildman–Crippen LogP) is 2.32. The molecule has 3 N–H and O–H groups in total. The number of amides is 2. The van der Waals surface area contributed by atoms with Crippen molar-refractivity contribution < 1.29 is 27.5 Å². The van der Waals surface area contributed by atoms with Gasteiger partial charge in [-0.2, -0.15) is 13.2 Å². The van der Waals surface area contributed by atoms with Crippen LogP contribution in [0.3, 0.4) is 0 Å². The largest absolute Gasteiger partial charge is 0.406 e. The van der Waals surface area contributed by atoms with Gasteiger partial charge in [0, 0.05) is 12.8 Å². The van der Waals surface area contributed by atoms with Crippen molar-refractivity contribution in [3.05, 3.63) is 47.2 Å². The molecule has 1 aliphatic carbocycles. The molecular formula is C22H27F3N4O3. The van der Waals surface area contributed by atoms with E-state index in [1.807, 2.05) is 0 Å². The van der Waals surface area contributed by atoms with E-state index in [-0.39, 0.29) is 23.4 Å². The predicted molar refractivity (Wildman–Crippen MR) is 110 cm³/mol. The summed E-state index contributed by atoms with van der Waals surface area (Å²) in [4.78, 5) is 26.2. The molecule has 0 bridgehead atoms. The molecule has 2 amide bonds. The summed E-state index contributed by atoms with van der Waals surface area (Å²) in [5, 5.41) is 6.75. The van der Waals surface area contributed by atoms with E-state index >= 15 is 0 Å². The summed E-state index contributed by atoms with van der Waals surface area (Å²) >= 11 is 0. The van der Waals surface area contributed by atoms with Crippen LogP contribution in [0.1, 0.15) is 44.1 Å². The SMILES string of the molecule is COC1CCCCC1NC(=O)C1=C(C)NC2C(c3ccccc3)C(C(F)(F)F)NN2C1=O. The Bertz CT molecular complexity index is 905. The van der Waals surface area contributed by atoms with Crippen LogP contribution in [0.4, 0.5) is 13.2 Å². The maximum absolute atomic E-state index is 13.9. The number of methoxy groups -OCH3 is 1. The van der Waals surface area contributed by atoms with E-state index in [4.69, 9.17) is 4.74 Å². The molecule has 7 nitrogen and oxygen atoms in total. The zero-order valence-electron chi connectivity index (χ0n) is 17.9. The first-order chi connectivity index (χ1) is 15.2. The third kappa shape index (κ3) is 4.09. The zero-order valence-corrected chi connectivity index (χ0v) is 17.9. The molecule has 174 valence electrons. The molecule has 5 unspecified atom stereocenters. The lowest BCUT2D eigenvalue weighted by molar-refractivity contribution is -0.161. The molecule has 1 aromatic rings. The number of fused-ring (bicyclic) bond motifs is 1. The molecule has 2 fully saturated rings. The average Bonchev–Trinajstić information content (AvgIpc) is 3.15. The Morgan fingerprint density at radius 1 is 1.19 bits per heavy atom. The van der Waals surface area contributed by atoms with Crippen LogP contribution in [0.15, 0.2) is 41.6 Å². The first-order valence-electron chi connectivity index (χ1n) is 10.7. The summed E-state index contributed by atoms with van der Waals surface area (Å²) in [5.74, 6) is -2.46. The number of carbonyl (C=O) groups is 2. The smallest absolute Gasteiger partial charge is 0.379 e. The van der Waals surface area contributed by atoms with E-state index < -0.39 is 36.1 Å². The summed E-state index contributed by atoms with van der Waals surface area (Å²) in [6.45, 7) is 1.54. The minimum absolute atomic E-state index is 0.157. The normalized spacial score (nSPS) is 30.7. The molecule has 1 aromatic carbocycles. The Labute approximate surface area is 184 Å². The van der Waals surface area contributed by atoms with Crippen LogP contribution >= 0.6 is 0 Å². The molecule has 0 aromatic heterocycles. The van der Waals surface area contributed by atoms with Crippen molar-refractivity contribution in [1.82, 2.24) is 21.1 Å². The summed E-state index contributed by atoms with van der Waals surface area (Å²) in [5.41, 5.74) is 2.83. The van der Waals surface area contributed by atoms with Crippen LogP contribution in [0.25, 0.3) is 0 Å². The monoisotopic (exact) mass is 452 g/mol. The van der Waals surface area contributed by atoms with Gasteiger partial charge in [-0.1, -0.05) is 43.2 Å². The number of hydrogen-bond acceptors (Lipinski definition) is 5. The highest BCUT2D eigenvalue weighted by Gasteiger charge is 2.58. The average molecular weight is 452 g/mol. The van der Waals surface area contributed by atoms with E-state index in [1.165, 1.54) is 0 Å². The molecule has 5 atom stereocenters. The Kier molecular flexibility index (Phi) is 6.17. The second kappa shape index (κ2) is 8.74. The number of halogens is 3. The molecular weight excluding hydrogens is 425 g/mol. The molecule has 0 spiro atoms. The van der Waals surface area contributed by atoms with Crippen LogP contribution in [0, 0.1) is 0 Å². The first-order valence-corrected chi connectivity index (χ1v) is 10.7. The minimum atomic E-state index is -4.59. The van der Waals surface area contributed by atoms with Crippen molar-refractivity contribution in [3.63, 3.8) is 0 Å². The quantitative estimate of drug-likeness (QED) is 0.611. The fourth-order valence-electron chi connectivity index (χ4n) is 4.95. The van der Waals surface area contributed by atoms with Gasteiger partial charge in [0.2, 0.25) is 0 Å². The van der Waals surface area contributed by atoms with Gasteiger partial charge in [-0.05, 0) is 25.3 Å². The molecule has 1 saturated carbocycles. The van der Waals surface area contributed by atoms with Gasteiger partial charge in [0.05, 0.1) is 18.1 Å². The van der Waals surface area contributed by atoms with E-state index in [9.17, 15) is 22.8 Å². The van der Waals surface area contributed by atoms with Crippen LogP contribution in [0.5, 0.6) is 0 Å². The van der Waals surface area contributed by atoms with Crippen LogP contribution in [0.2, 0.25) is 0 Å². The Balaban J connectivity index is 1.61. The third-order valence-corrected chi connectivity index (χ3v) is 6.51. The van der Waals surface area contributed by atoms with E-state index in [2.05, 4.69) is 16.1 Å². The summed E-state index contributed by atoms with van der Waals surface area (Å²) < 4.78 is 47.1. The van der Waals surface area contributed by atoms with Crippen molar-refractivity contribution >= 4 is 11.8 Å². The first kappa shape index (κ1) is 22.6. The third-order valence-electron chi connectivity index (χ3n) is 6.51. The van der Waals surface area contributed by atoms with Crippen molar-refractivity contribution in [2.45, 2.75) is 69.1 Å². The minimum Gasteiger partial charge on any atom is -0.379 e. The number of benzene rings is 1. The Hall–Kier alpha value is -2.59. The van der Waals surface area contributed by atoms with Crippen molar-refractivity contribution in [2.75, 3.05) is 7.11 Å². The number of alkyl halides is 3. The van der Waals surface area contributed by atoms with Gasteiger partial charge in [-0.15, -0.1) is 0 Å². The fraction of sp³-hybridized carbons (Fsp3) is 0.545. The Morgan fingerprint density at radius 3 is 2.53 bits per heavy atom. The fourth-order valence-corrected chi connectivity index (χ4v) is 4.95. The number of allylic oxidation sites excluding steroid dienone is 1.